The number of H-pyrrole nitrogens is 2. The van der Waals surface area contributed by atoms with Crippen LogP contribution in [-0.2, 0) is 6.54 Å². The Hall–Kier alpha value is -2.41. The van der Waals surface area contributed by atoms with Crippen molar-refractivity contribution >= 4 is 5.91 Å². The van der Waals surface area contributed by atoms with E-state index in [2.05, 4.69) is 32.2 Å². The molecule has 110 valence electrons. The van der Waals surface area contributed by atoms with Gasteiger partial charge in [-0.3, -0.25) is 14.7 Å². The molecule has 1 fully saturated rings. The second-order valence-corrected chi connectivity index (χ2v) is 5.08. The van der Waals surface area contributed by atoms with Crippen molar-refractivity contribution < 1.29 is 4.79 Å². The Labute approximate surface area is 121 Å². The standard InChI is InChI=1S/C14H17N5O2/c20-13(12-15-14(21)17-16-12)19-8-6-18(7-9-19)10-11-4-2-1-3-5-11/h1-5H,6-10H2,(H2,15,16,17,21). The number of amides is 1. The molecule has 0 bridgehead atoms. The summed E-state index contributed by atoms with van der Waals surface area (Å²) in [5.74, 6) is -0.149. The summed E-state index contributed by atoms with van der Waals surface area (Å²) in [4.78, 5) is 29.5. The Balaban J connectivity index is 1.55. The van der Waals surface area contributed by atoms with Crippen LogP contribution in [0.3, 0.4) is 0 Å². The molecule has 21 heavy (non-hydrogen) atoms. The van der Waals surface area contributed by atoms with Gasteiger partial charge >= 0.3 is 5.69 Å². The number of benzene rings is 1. The van der Waals surface area contributed by atoms with Crippen LogP contribution < -0.4 is 5.69 Å². The molecule has 1 saturated heterocycles. The van der Waals surface area contributed by atoms with Crippen molar-refractivity contribution in [1.82, 2.24) is 25.0 Å². The molecule has 2 N–H and O–H groups in total. The Bertz CT molecular complexity index is 655. The van der Waals surface area contributed by atoms with Crippen LogP contribution in [0, 0.1) is 0 Å². The molecule has 0 aliphatic carbocycles. The molecule has 7 nitrogen and oxygen atoms in total. The van der Waals surface area contributed by atoms with Gasteiger partial charge in [-0.15, -0.1) is 5.10 Å². The lowest BCUT2D eigenvalue weighted by atomic mass is 10.2. The highest BCUT2D eigenvalue weighted by Crippen LogP contribution is 2.09. The van der Waals surface area contributed by atoms with E-state index in [0.29, 0.717) is 13.1 Å². The van der Waals surface area contributed by atoms with Crippen LogP contribution in [0.1, 0.15) is 16.2 Å². The Morgan fingerprint density at radius 2 is 1.86 bits per heavy atom. The molecule has 2 aromatic rings. The average Bonchev–Trinajstić information content (AvgIpc) is 2.95. The van der Waals surface area contributed by atoms with E-state index in [0.717, 1.165) is 19.6 Å². The van der Waals surface area contributed by atoms with Gasteiger partial charge < -0.3 is 4.90 Å². The van der Waals surface area contributed by atoms with Crippen LogP contribution in [0.15, 0.2) is 35.1 Å². The maximum Gasteiger partial charge on any atom is 0.341 e. The fourth-order valence-electron chi connectivity index (χ4n) is 2.47. The van der Waals surface area contributed by atoms with Gasteiger partial charge in [-0.1, -0.05) is 30.3 Å². The molecule has 2 heterocycles. The molecule has 0 radical (unpaired) electrons. The number of carbonyl (C=O) groups is 1. The highest BCUT2D eigenvalue weighted by Gasteiger charge is 2.24. The third-order valence-electron chi connectivity index (χ3n) is 3.61. The van der Waals surface area contributed by atoms with Gasteiger partial charge in [0.2, 0.25) is 5.82 Å². The number of aromatic amines is 2. The van der Waals surface area contributed by atoms with E-state index >= 15 is 0 Å². The molecule has 7 heteroatoms. The van der Waals surface area contributed by atoms with Gasteiger partial charge in [0.15, 0.2) is 0 Å². The molecule has 0 atom stereocenters. The fourth-order valence-corrected chi connectivity index (χ4v) is 2.47. The van der Waals surface area contributed by atoms with Crippen LogP contribution in [-0.4, -0.2) is 57.1 Å². The number of hydrogen-bond donors (Lipinski definition) is 2. The summed E-state index contributed by atoms with van der Waals surface area (Å²) < 4.78 is 0. The highest BCUT2D eigenvalue weighted by atomic mass is 16.2. The van der Waals surface area contributed by atoms with Crippen LogP contribution in [0.2, 0.25) is 0 Å². The zero-order chi connectivity index (χ0) is 14.7. The molecule has 0 unspecified atom stereocenters. The van der Waals surface area contributed by atoms with Gasteiger partial charge in [0.25, 0.3) is 5.91 Å². The van der Waals surface area contributed by atoms with Gasteiger partial charge in [0.05, 0.1) is 0 Å². The third kappa shape index (κ3) is 3.19. The zero-order valence-corrected chi connectivity index (χ0v) is 11.6. The van der Waals surface area contributed by atoms with E-state index in [1.807, 2.05) is 18.2 Å². The normalized spacial score (nSPS) is 16.1. The van der Waals surface area contributed by atoms with Crippen LogP contribution in [0.25, 0.3) is 0 Å². The molecule has 1 aromatic carbocycles. The summed E-state index contributed by atoms with van der Waals surface area (Å²) in [5, 5.41) is 5.89. The second-order valence-electron chi connectivity index (χ2n) is 5.08. The minimum Gasteiger partial charge on any atom is -0.333 e. The van der Waals surface area contributed by atoms with Crippen molar-refractivity contribution in [3.63, 3.8) is 0 Å². The monoisotopic (exact) mass is 287 g/mol. The summed E-state index contributed by atoms with van der Waals surface area (Å²) in [5.41, 5.74) is 0.815. The minimum atomic E-state index is -0.457. The summed E-state index contributed by atoms with van der Waals surface area (Å²) in [6.07, 6.45) is 0. The Morgan fingerprint density at radius 1 is 1.14 bits per heavy atom. The van der Waals surface area contributed by atoms with Crippen molar-refractivity contribution in [3.8, 4) is 0 Å². The number of carbonyl (C=O) groups excluding carboxylic acids is 1. The van der Waals surface area contributed by atoms with E-state index < -0.39 is 5.69 Å². The molecule has 1 amide bonds. The second kappa shape index (κ2) is 5.92. The maximum atomic E-state index is 12.1. The third-order valence-corrected chi connectivity index (χ3v) is 3.61. The predicted octanol–water partition coefficient (Wildman–Crippen LogP) is 0.0560. The van der Waals surface area contributed by atoms with Crippen LogP contribution in [0.5, 0.6) is 0 Å². The first-order valence-corrected chi connectivity index (χ1v) is 6.92. The van der Waals surface area contributed by atoms with E-state index in [1.54, 1.807) is 4.90 Å². The largest absolute Gasteiger partial charge is 0.341 e. The smallest absolute Gasteiger partial charge is 0.333 e. The van der Waals surface area contributed by atoms with Crippen molar-refractivity contribution in [2.45, 2.75) is 6.54 Å². The molecule has 1 aromatic heterocycles. The van der Waals surface area contributed by atoms with Crippen molar-refractivity contribution in [2.24, 2.45) is 0 Å². The number of nitrogens with one attached hydrogen (secondary N) is 2. The predicted molar refractivity (Wildman–Crippen MR) is 76.8 cm³/mol. The lowest BCUT2D eigenvalue weighted by Gasteiger charge is -2.34. The van der Waals surface area contributed by atoms with E-state index in [-0.39, 0.29) is 11.7 Å². The number of aromatic nitrogens is 3. The van der Waals surface area contributed by atoms with Gasteiger partial charge in [-0.05, 0) is 5.56 Å². The topological polar surface area (TPSA) is 85.1 Å². The average molecular weight is 287 g/mol. The molecule has 1 aliphatic rings. The van der Waals surface area contributed by atoms with Gasteiger partial charge in [0, 0.05) is 32.7 Å². The molecule has 0 saturated carbocycles. The lowest BCUT2D eigenvalue weighted by molar-refractivity contribution is 0.0617. The maximum absolute atomic E-state index is 12.1. The molecule has 3 rings (SSSR count). The summed E-state index contributed by atoms with van der Waals surface area (Å²) >= 11 is 0. The number of nitrogens with zero attached hydrogens (tertiary/aromatic N) is 3. The number of piperazine rings is 1. The van der Waals surface area contributed by atoms with Crippen molar-refractivity contribution in [2.75, 3.05) is 26.2 Å². The summed E-state index contributed by atoms with van der Waals surface area (Å²) in [6, 6.07) is 10.3. The van der Waals surface area contributed by atoms with Crippen LogP contribution >= 0.6 is 0 Å². The molecular weight excluding hydrogens is 270 g/mol. The first-order valence-electron chi connectivity index (χ1n) is 6.92. The first kappa shape index (κ1) is 13.6. The number of hydrogen-bond acceptors (Lipinski definition) is 4. The summed E-state index contributed by atoms with van der Waals surface area (Å²) in [6.45, 7) is 3.80. The first-order chi connectivity index (χ1) is 10.2. The molecule has 1 aliphatic heterocycles. The Morgan fingerprint density at radius 3 is 2.48 bits per heavy atom. The van der Waals surface area contributed by atoms with E-state index in [9.17, 15) is 9.59 Å². The highest BCUT2D eigenvalue weighted by molar-refractivity contribution is 5.90. The van der Waals surface area contributed by atoms with E-state index in [4.69, 9.17) is 0 Å². The molecular formula is C14H17N5O2. The minimum absolute atomic E-state index is 0.0801. The Kier molecular flexibility index (Phi) is 3.83. The quantitative estimate of drug-likeness (QED) is 0.835. The van der Waals surface area contributed by atoms with Crippen molar-refractivity contribution in [1.29, 1.82) is 0 Å². The van der Waals surface area contributed by atoms with Crippen molar-refractivity contribution in [3.05, 3.63) is 52.2 Å². The fraction of sp³-hybridized carbons (Fsp3) is 0.357. The molecule has 0 spiro atoms. The summed E-state index contributed by atoms with van der Waals surface area (Å²) in [7, 11) is 0. The van der Waals surface area contributed by atoms with Crippen LogP contribution in [0.4, 0.5) is 0 Å². The number of rotatable bonds is 3. The SMILES string of the molecule is O=C(c1n[nH]c(=O)[nH]1)N1CCN(Cc2ccccc2)CC1. The lowest BCUT2D eigenvalue weighted by Crippen LogP contribution is -2.48. The van der Waals surface area contributed by atoms with Gasteiger partial charge in [-0.2, -0.15) is 0 Å². The van der Waals surface area contributed by atoms with E-state index in [1.165, 1.54) is 5.56 Å². The van der Waals surface area contributed by atoms with Gasteiger partial charge in [0.1, 0.15) is 0 Å². The zero-order valence-electron chi connectivity index (χ0n) is 11.6. The van der Waals surface area contributed by atoms with Gasteiger partial charge in [-0.25, -0.2) is 9.89 Å².